The van der Waals surface area contributed by atoms with Crippen molar-refractivity contribution in [3.8, 4) is 0 Å². The van der Waals surface area contributed by atoms with Crippen LogP contribution in [0.15, 0.2) is 18.2 Å². The predicted octanol–water partition coefficient (Wildman–Crippen LogP) is 3.34. The molecular weight excluding hydrogens is 238 g/mol. The summed E-state index contributed by atoms with van der Waals surface area (Å²) in [6.45, 7) is 4.96. The maximum atomic E-state index is 13.2. The van der Waals surface area contributed by atoms with Crippen molar-refractivity contribution in [1.82, 2.24) is 0 Å². The quantitative estimate of drug-likeness (QED) is 0.715. The van der Waals surface area contributed by atoms with E-state index >= 15 is 0 Å². The number of carbonyl (C=O) groups excluding carboxylic acids is 1. The fraction of sp³-hybridized carbons (Fsp3) is 0.364. The van der Waals surface area contributed by atoms with Crippen molar-refractivity contribution in [3.63, 3.8) is 0 Å². The van der Waals surface area contributed by atoms with E-state index in [1.54, 1.807) is 20.8 Å². The zero-order valence-electron chi connectivity index (χ0n) is 9.21. The van der Waals surface area contributed by atoms with Gasteiger partial charge in [0.1, 0.15) is 5.60 Å². The van der Waals surface area contributed by atoms with Gasteiger partial charge in [0.15, 0.2) is 11.6 Å². The standard InChI is InChI=1S/C11H12F2O2.ClH/c1-11(2,3)15-10(14)7-5-4-6-8(12)9(7)13;/h4-6H,1-3H3;1H. The third-order valence-electron chi connectivity index (χ3n) is 1.57. The Morgan fingerprint density at radius 1 is 1.25 bits per heavy atom. The smallest absolute Gasteiger partial charge is 0.341 e. The molecule has 1 rings (SSSR count). The highest BCUT2D eigenvalue weighted by atomic mass is 35.5. The van der Waals surface area contributed by atoms with Crippen LogP contribution < -0.4 is 0 Å². The first-order chi connectivity index (χ1) is 6.81. The summed E-state index contributed by atoms with van der Waals surface area (Å²) in [7, 11) is 0. The topological polar surface area (TPSA) is 26.3 Å². The zero-order chi connectivity index (χ0) is 11.6. The van der Waals surface area contributed by atoms with Crippen LogP contribution in [0, 0.1) is 11.6 Å². The highest BCUT2D eigenvalue weighted by Gasteiger charge is 2.21. The summed E-state index contributed by atoms with van der Waals surface area (Å²) < 4.78 is 30.9. The maximum absolute atomic E-state index is 13.2. The Hall–Kier alpha value is -1.16. The average Bonchev–Trinajstić information content (AvgIpc) is 2.06. The van der Waals surface area contributed by atoms with Crippen LogP contribution in [-0.2, 0) is 4.74 Å². The molecule has 1 aromatic carbocycles. The molecule has 1 aromatic rings. The predicted molar refractivity (Wildman–Crippen MR) is 58.8 cm³/mol. The third-order valence-corrected chi connectivity index (χ3v) is 1.57. The second-order valence-corrected chi connectivity index (χ2v) is 4.10. The van der Waals surface area contributed by atoms with Crippen LogP contribution in [0.25, 0.3) is 0 Å². The Morgan fingerprint density at radius 3 is 2.31 bits per heavy atom. The molecule has 0 aliphatic carbocycles. The molecule has 0 aliphatic rings. The van der Waals surface area contributed by atoms with E-state index in [4.69, 9.17) is 4.74 Å². The highest BCUT2D eigenvalue weighted by molar-refractivity contribution is 5.89. The van der Waals surface area contributed by atoms with E-state index in [9.17, 15) is 13.6 Å². The molecule has 90 valence electrons. The van der Waals surface area contributed by atoms with Crippen LogP contribution in [0.5, 0.6) is 0 Å². The molecule has 0 saturated heterocycles. The van der Waals surface area contributed by atoms with Gasteiger partial charge in [0.2, 0.25) is 0 Å². The van der Waals surface area contributed by atoms with Crippen molar-refractivity contribution >= 4 is 18.4 Å². The van der Waals surface area contributed by atoms with Gasteiger partial charge in [-0.2, -0.15) is 0 Å². The van der Waals surface area contributed by atoms with Crippen LogP contribution in [-0.4, -0.2) is 11.6 Å². The second-order valence-electron chi connectivity index (χ2n) is 4.10. The van der Waals surface area contributed by atoms with E-state index < -0.39 is 23.2 Å². The van der Waals surface area contributed by atoms with Crippen LogP contribution in [0.3, 0.4) is 0 Å². The number of benzene rings is 1. The Labute approximate surface area is 99.0 Å². The lowest BCUT2D eigenvalue weighted by Crippen LogP contribution is -2.24. The minimum atomic E-state index is -1.17. The van der Waals surface area contributed by atoms with Gasteiger partial charge in [-0.15, -0.1) is 12.4 Å². The van der Waals surface area contributed by atoms with E-state index in [1.165, 1.54) is 12.1 Å². The lowest BCUT2D eigenvalue weighted by molar-refractivity contribution is 0.00637. The van der Waals surface area contributed by atoms with Crippen molar-refractivity contribution in [2.24, 2.45) is 0 Å². The molecule has 0 spiro atoms. The summed E-state index contributed by atoms with van der Waals surface area (Å²) in [6.07, 6.45) is 0. The van der Waals surface area contributed by atoms with Gasteiger partial charge < -0.3 is 4.74 Å². The normalized spacial score (nSPS) is 10.6. The lowest BCUT2D eigenvalue weighted by Gasteiger charge is -2.19. The third kappa shape index (κ3) is 3.77. The lowest BCUT2D eigenvalue weighted by atomic mass is 10.1. The molecule has 0 unspecified atom stereocenters. The van der Waals surface area contributed by atoms with Gasteiger partial charge in [-0.1, -0.05) is 6.07 Å². The molecule has 0 N–H and O–H groups in total. The molecule has 0 aromatic heterocycles. The monoisotopic (exact) mass is 250 g/mol. The summed E-state index contributed by atoms with van der Waals surface area (Å²) in [5, 5.41) is 0. The number of carbonyl (C=O) groups is 1. The molecule has 0 bridgehead atoms. The van der Waals surface area contributed by atoms with Crippen molar-refractivity contribution in [2.75, 3.05) is 0 Å². The summed E-state index contributed by atoms with van der Waals surface area (Å²) in [4.78, 5) is 11.4. The second kappa shape index (κ2) is 5.25. The highest BCUT2D eigenvalue weighted by Crippen LogP contribution is 2.16. The SMILES string of the molecule is CC(C)(C)OC(=O)c1cccc(F)c1F.Cl. The molecule has 0 radical (unpaired) electrons. The van der Waals surface area contributed by atoms with Crippen LogP contribution in [0.1, 0.15) is 31.1 Å². The fourth-order valence-electron chi connectivity index (χ4n) is 0.995. The van der Waals surface area contributed by atoms with E-state index in [2.05, 4.69) is 0 Å². The summed E-state index contributed by atoms with van der Waals surface area (Å²) in [6, 6.07) is 3.40. The van der Waals surface area contributed by atoms with Gasteiger partial charge in [-0.05, 0) is 32.9 Å². The maximum Gasteiger partial charge on any atom is 0.341 e. The first-order valence-corrected chi connectivity index (χ1v) is 4.48. The molecule has 2 nitrogen and oxygen atoms in total. The molecule has 5 heteroatoms. The first-order valence-electron chi connectivity index (χ1n) is 4.48. The van der Waals surface area contributed by atoms with Crippen LogP contribution in [0.4, 0.5) is 8.78 Å². The zero-order valence-corrected chi connectivity index (χ0v) is 10.0. The van der Waals surface area contributed by atoms with Gasteiger partial charge in [0.05, 0.1) is 5.56 Å². The van der Waals surface area contributed by atoms with E-state index in [1.807, 2.05) is 0 Å². The minimum absolute atomic E-state index is 0. The molecule has 0 heterocycles. The van der Waals surface area contributed by atoms with E-state index in [0.717, 1.165) is 6.07 Å². The molecular formula is C11H13ClF2O2. The van der Waals surface area contributed by atoms with Gasteiger partial charge in [0, 0.05) is 0 Å². The van der Waals surface area contributed by atoms with Crippen molar-refractivity contribution in [3.05, 3.63) is 35.4 Å². The first kappa shape index (κ1) is 14.8. The Bertz CT molecular complexity index is 386. The van der Waals surface area contributed by atoms with Crippen molar-refractivity contribution in [1.29, 1.82) is 0 Å². The summed E-state index contributed by atoms with van der Waals surface area (Å²) in [5.41, 5.74) is -1.11. The number of hydrogen-bond acceptors (Lipinski definition) is 2. The number of ether oxygens (including phenoxy) is 1. The molecule has 0 fully saturated rings. The molecule has 0 saturated carbocycles. The van der Waals surface area contributed by atoms with Gasteiger partial charge >= 0.3 is 5.97 Å². The Morgan fingerprint density at radius 2 is 1.81 bits per heavy atom. The van der Waals surface area contributed by atoms with E-state index in [0.29, 0.717) is 0 Å². The van der Waals surface area contributed by atoms with E-state index in [-0.39, 0.29) is 18.0 Å². The van der Waals surface area contributed by atoms with Gasteiger partial charge in [0.25, 0.3) is 0 Å². The number of halogens is 3. The minimum Gasteiger partial charge on any atom is -0.456 e. The molecule has 16 heavy (non-hydrogen) atoms. The number of rotatable bonds is 1. The average molecular weight is 251 g/mol. The van der Waals surface area contributed by atoms with Crippen LogP contribution >= 0.6 is 12.4 Å². The number of esters is 1. The molecule has 0 amide bonds. The Kier molecular flexibility index (Phi) is 4.87. The molecule has 0 aliphatic heterocycles. The van der Waals surface area contributed by atoms with Gasteiger partial charge in [-0.3, -0.25) is 0 Å². The summed E-state index contributed by atoms with van der Waals surface area (Å²) >= 11 is 0. The van der Waals surface area contributed by atoms with Crippen molar-refractivity contribution in [2.45, 2.75) is 26.4 Å². The number of hydrogen-bond donors (Lipinski definition) is 0. The molecule has 0 atom stereocenters. The fourth-order valence-corrected chi connectivity index (χ4v) is 0.995. The summed E-state index contributed by atoms with van der Waals surface area (Å²) in [5.74, 6) is -3.09. The van der Waals surface area contributed by atoms with Crippen LogP contribution in [0.2, 0.25) is 0 Å². The Balaban J connectivity index is 0.00000225. The van der Waals surface area contributed by atoms with Crippen molar-refractivity contribution < 1.29 is 18.3 Å². The largest absolute Gasteiger partial charge is 0.456 e. The van der Waals surface area contributed by atoms with Gasteiger partial charge in [-0.25, -0.2) is 13.6 Å².